The van der Waals surface area contributed by atoms with E-state index in [1.165, 1.54) is 12.3 Å². The Kier molecular flexibility index (Phi) is 4.00. The smallest absolute Gasteiger partial charge is 0.356 e. The largest absolute Gasteiger partial charge is 0.476 e. The van der Waals surface area contributed by atoms with Crippen LogP contribution >= 0.6 is 11.6 Å². The Hall–Kier alpha value is -2.40. The van der Waals surface area contributed by atoms with Crippen LogP contribution in [-0.2, 0) is 0 Å². The standard InChI is InChI=1S/C14H11ClN2O3/c1-8-7-9(4-5-10(8)15)13(18)17-11-3-2-6-16-12(11)14(19)20/h2-7H,1H3,(H,17,18)(H,19,20). The van der Waals surface area contributed by atoms with E-state index in [1.54, 1.807) is 31.2 Å². The highest BCUT2D eigenvalue weighted by atomic mass is 35.5. The molecular weight excluding hydrogens is 280 g/mol. The topological polar surface area (TPSA) is 79.3 Å². The maximum Gasteiger partial charge on any atom is 0.356 e. The molecule has 6 heteroatoms. The molecule has 1 aromatic carbocycles. The molecule has 2 N–H and O–H groups in total. The van der Waals surface area contributed by atoms with Crippen molar-refractivity contribution in [1.29, 1.82) is 0 Å². The van der Waals surface area contributed by atoms with Crippen LogP contribution in [0.25, 0.3) is 0 Å². The van der Waals surface area contributed by atoms with Gasteiger partial charge in [-0.15, -0.1) is 0 Å². The number of anilines is 1. The van der Waals surface area contributed by atoms with Crippen molar-refractivity contribution >= 4 is 29.2 Å². The van der Waals surface area contributed by atoms with Gasteiger partial charge in [-0.2, -0.15) is 0 Å². The molecule has 1 heterocycles. The van der Waals surface area contributed by atoms with Crippen LogP contribution in [0.15, 0.2) is 36.5 Å². The Morgan fingerprint density at radius 2 is 2.05 bits per heavy atom. The predicted octanol–water partition coefficient (Wildman–Crippen LogP) is 2.99. The Bertz CT molecular complexity index is 686. The van der Waals surface area contributed by atoms with Gasteiger partial charge in [0.2, 0.25) is 0 Å². The number of carboxylic acids is 1. The molecule has 0 saturated heterocycles. The number of carbonyl (C=O) groups is 2. The lowest BCUT2D eigenvalue weighted by Crippen LogP contribution is -2.15. The van der Waals surface area contributed by atoms with Gasteiger partial charge >= 0.3 is 5.97 Å². The maximum absolute atomic E-state index is 12.1. The van der Waals surface area contributed by atoms with Crippen molar-refractivity contribution in [3.05, 3.63) is 58.4 Å². The highest BCUT2D eigenvalue weighted by Gasteiger charge is 2.14. The van der Waals surface area contributed by atoms with Gasteiger partial charge in [0, 0.05) is 16.8 Å². The molecule has 5 nitrogen and oxygen atoms in total. The van der Waals surface area contributed by atoms with E-state index in [0.29, 0.717) is 10.6 Å². The van der Waals surface area contributed by atoms with Crippen LogP contribution in [0.2, 0.25) is 5.02 Å². The van der Waals surface area contributed by atoms with Gasteiger partial charge in [-0.3, -0.25) is 4.79 Å². The number of carboxylic acid groups (broad SMARTS) is 1. The fraction of sp³-hybridized carbons (Fsp3) is 0.0714. The van der Waals surface area contributed by atoms with Crippen molar-refractivity contribution in [2.75, 3.05) is 5.32 Å². The van der Waals surface area contributed by atoms with Crippen LogP contribution in [0.5, 0.6) is 0 Å². The zero-order valence-electron chi connectivity index (χ0n) is 10.6. The van der Waals surface area contributed by atoms with Crippen LogP contribution in [0, 0.1) is 6.92 Å². The summed E-state index contributed by atoms with van der Waals surface area (Å²) in [4.78, 5) is 26.8. The average molecular weight is 291 g/mol. The number of halogens is 1. The van der Waals surface area contributed by atoms with Crippen LogP contribution < -0.4 is 5.32 Å². The number of nitrogens with zero attached hydrogens (tertiary/aromatic N) is 1. The normalized spacial score (nSPS) is 10.1. The molecule has 0 atom stereocenters. The summed E-state index contributed by atoms with van der Waals surface area (Å²) >= 11 is 5.89. The van der Waals surface area contributed by atoms with Gasteiger partial charge in [0.05, 0.1) is 5.69 Å². The third-order valence-electron chi connectivity index (χ3n) is 2.68. The maximum atomic E-state index is 12.1. The van der Waals surface area contributed by atoms with E-state index in [4.69, 9.17) is 16.7 Å². The summed E-state index contributed by atoms with van der Waals surface area (Å²) in [7, 11) is 0. The number of hydrogen-bond acceptors (Lipinski definition) is 3. The van der Waals surface area contributed by atoms with E-state index >= 15 is 0 Å². The van der Waals surface area contributed by atoms with Crippen molar-refractivity contribution in [3.8, 4) is 0 Å². The van der Waals surface area contributed by atoms with Crippen LogP contribution in [0.1, 0.15) is 26.4 Å². The average Bonchev–Trinajstić information content (AvgIpc) is 2.42. The molecule has 0 radical (unpaired) electrons. The molecule has 0 fully saturated rings. The number of nitrogens with one attached hydrogen (secondary N) is 1. The van der Waals surface area contributed by atoms with Gasteiger partial charge in [0.1, 0.15) is 0 Å². The van der Waals surface area contributed by atoms with Crippen molar-refractivity contribution < 1.29 is 14.7 Å². The Morgan fingerprint density at radius 1 is 1.30 bits per heavy atom. The Morgan fingerprint density at radius 3 is 2.70 bits per heavy atom. The third-order valence-corrected chi connectivity index (χ3v) is 3.10. The van der Waals surface area contributed by atoms with Gasteiger partial charge < -0.3 is 10.4 Å². The molecule has 0 saturated carbocycles. The summed E-state index contributed by atoms with van der Waals surface area (Å²) in [6, 6.07) is 7.86. The van der Waals surface area contributed by atoms with Crippen LogP contribution in [0.3, 0.4) is 0 Å². The fourth-order valence-electron chi connectivity index (χ4n) is 1.66. The second-order valence-corrected chi connectivity index (χ2v) is 4.53. The minimum Gasteiger partial charge on any atom is -0.476 e. The summed E-state index contributed by atoms with van der Waals surface area (Å²) in [5.74, 6) is -1.62. The second-order valence-electron chi connectivity index (χ2n) is 4.12. The molecule has 0 bridgehead atoms. The number of rotatable bonds is 3. The number of hydrogen-bond donors (Lipinski definition) is 2. The van der Waals surface area contributed by atoms with Crippen molar-refractivity contribution in [3.63, 3.8) is 0 Å². The molecule has 20 heavy (non-hydrogen) atoms. The Balaban J connectivity index is 2.28. The van der Waals surface area contributed by atoms with Crippen molar-refractivity contribution in [1.82, 2.24) is 4.98 Å². The predicted molar refractivity (Wildman–Crippen MR) is 75.3 cm³/mol. The molecule has 2 aromatic rings. The van der Waals surface area contributed by atoms with Gasteiger partial charge in [-0.05, 0) is 42.8 Å². The highest BCUT2D eigenvalue weighted by molar-refractivity contribution is 6.31. The molecule has 1 amide bonds. The number of aromatic carboxylic acids is 1. The molecule has 2 rings (SSSR count). The molecule has 0 aliphatic heterocycles. The van der Waals surface area contributed by atoms with E-state index in [-0.39, 0.29) is 11.4 Å². The lowest BCUT2D eigenvalue weighted by atomic mass is 10.1. The van der Waals surface area contributed by atoms with E-state index in [0.717, 1.165) is 5.56 Å². The molecule has 0 aliphatic rings. The summed E-state index contributed by atoms with van der Waals surface area (Å²) in [5, 5.41) is 12.1. The first kappa shape index (κ1) is 14.0. The number of carbonyl (C=O) groups excluding carboxylic acids is 1. The van der Waals surface area contributed by atoms with E-state index in [2.05, 4.69) is 10.3 Å². The molecule has 0 spiro atoms. The summed E-state index contributed by atoms with van der Waals surface area (Å²) in [6.45, 7) is 1.78. The quantitative estimate of drug-likeness (QED) is 0.911. The van der Waals surface area contributed by atoms with E-state index < -0.39 is 11.9 Å². The summed E-state index contributed by atoms with van der Waals surface area (Å²) in [5.41, 5.74) is 1.11. The first-order valence-corrected chi connectivity index (χ1v) is 6.12. The number of aryl methyl sites for hydroxylation is 1. The molecular formula is C14H11ClN2O3. The second kappa shape index (κ2) is 5.71. The monoisotopic (exact) mass is 290 g/mol. The number of benzene rings is 1. The molecule has 102 valence electrons. The first-order valence-electron chi connectivity index (χ1n) is 5.75. The summed E-state index contributed by atoms with van der Waals surface area (Å²) in [6.07, 6.45) is 1.35. The van der Waals surface area contributed by atoms with Crippen LogP contribution in [-0.4, -0.2) is 22.0 Å². The van der Waals surface area contributed by atoms with Crippen molar-refractivity contribution in [2.24, 2.45) is 0 Å². The van der Waals surface area contributed by atoms with Gasteiger partial charge in [0.15, 0.2) is 5.69 Å². The molecule has 0 unspecified atom stereocenters. The fourth-order valence-corrected chi connectivity index (χ4v) is 1.77. The SMILES string of the molecule is Cc1cc(C(=O)Nc2cccnc2C(=O)O)ccc1Cl. The van der Waals surface area contributed by atoms with Gasteiger partial charge in [-0.25, -0.2) is 9.78 Å². The van der Waals surface area contributed by atoms with Crippen molar-refractivity contribution in [2.45, 2.75) is 6.92 Å². The van der Waals surface area contributed by atoms with E-state index in [9.17, 15) is 9.59 Å². The lowest BCUT2D eigenvalue weighted by molar-refractivity contribution is 0.0692. The molecule has 1 aromatic heterocycles. The van der Waals surface area contributed by atoms with Gasteiger partial charge in [0.25, 0.3) is 5.91 Å². The minimum atomic E-state index is -1.20. The highest BCUT2D eigenvalue weighted by Crippen LogP contribution is 2.18. The van der Waals surface area contributed by atoms with Crippen LogP contribution in [0.4, 0.5) is 5.69 Å². The number of pyridine rings is 1. The zero-order valence-corrected chi connectivity index (χ0v) is 11.3. The zero-order chi connectivity index (χ0) is 14.7. The minimum absolute atomic E-state index is 0.151. The van der Waals surface area contributed by atoms with E-state index in [1.807, 2.05) is 0 Å². The number of amides is 1. The Labute approximate surface area is 120 Å². The summed E-state index contributed by atoms with van der Waals surface area (Å²) < 4.78 is 0. The molecule has 0 aliphatic carbocycles. The number of aromatic nitrogens is 1. The lowest BCUT2D eigenvalue weighted by Gasteiger charge is -2.08. The van der Waals surface area contributed by atoms with Gasteiger partial charge in [-0.1, -0.05) is 11.6 Å². The third kappa shape index (κ3) is 2.95. The first-order chi connectivity index (χ1) is 9.49.